The fourth-order valence-corrected chi connectivity index (χ4v) is 3.61. The Kier molecular flexibility index (Phi) is 6.90. The molecule has 2 aliphatic rings. The molecule has 0 bridgehead atoms. The van der Waals surface area contributed by atoms with Crippen molar-refractivity contribution in [3.05, 3.63) is 35.9 Å². The van der Waals surface area contributed by atoms with Crippen molar-refractivity contribution in [1.82, 2.24) is 15.5 Å². The molecule has 7 heteroatoms. The van der Waals surface area contributed by atoms with Crippen molar-refractivity contribution in [2.45, 2.75) is 38.6 Å². The lowest BCUT2D eigenvalue weighted by Gasteiger charge is -2.31. The Morgan fingerprint density at radius 2 is 1.75 bits per heavy atom. The molecule has 1 aromatic rings. The summed E-state index contributed by atoms with van der Waals surface area (Å²) in [6.07, 6.45) is 2.54. The van der Waals surface area contributed by atoms with Crippen molar-refractivity contribution in [1.29, 1.82) is 0 Å². The van der Waals surface area contributed by atoms with Crippen LogP contribution in [0.2, 0.25) is 0 Å². The average molecular weight is 387 g/mol. The Balaban J connectivity index is 1.33. The van der Waals surface area contributed by atoms with Crippen LogP contribution in [0.4, 0.5) is 4.79 Å². The minimum atomic E-state index is -0.290. The summed E-state index contributed by atoms with van der Waals surface area (Å²) in [5, 5.41) is 5.98. The normalized spacial score (nSPS) is 21.7. The van der Waals surface area contributed by atoms with Gasteiger partial charge in [-0.05, 0) is 38.2 Å². The summed E-state index contributed by atoms with van der Waals surface area (Å²) in [6.45, 7) is 3.90. The number of nitrogens with zero attached hydrogens (tertiary/aromatic N) is 1. The van der Waals surface area contributed by atoms with Crippen molar-refractivity contribution in [3.8, 4) is 0 Å². The third-order valence-electron chi connectivity index (χ3n) is 5.39. The van der Waals surface area contributed by atoms with E-state index in [1.807, 2.05) is 30.3 Å². The molecule has 28 heavy (non-hydrogen) atoms. The molecule has 2 atom stereocenters. The molecular formula is C21H29N3O4. The predicted molar refractivity (Wildman–Crippen MR) is 105 cm³/mol. The van der Waals surface area contributed by atoms with Crippen LogP contribution in [0.25, 0.3) is 0 Å². The van der Waals surface area contributed by atoms with Crippen LogP contribution in [0.1, 0.15) is 31.7 Å². The highest BCUT2D eigenvalue weighted by molar-refractivity contribution is 5.92. The number of carbonyl (C=O) groups is 3. The first-order chi connectivity index (χ1) is 13.6. The lowest BCUT2D eigenvalue weighted by molar-refractivity contribution is -0.127. The minimum absolute atomic E-state index is 0.0341. The minimum Gasteiger partial charge on any atom is -0.450 e. The van der Waals surface area contributed by atoms with Gasteiger partial charge in [0.05, 0.1) is 18.4 Å². The van der Waals surface area contributed by atoms with Gasteiger partial charge in [-0.2, -0.15) is 0 Å². The summed E-state index contributed by atoms with van der Waals surface area (Å²) >= 11 is 0. The summed E-state index contributed by atoms with van der Waals surface area (Å²) in [5.74, 6) is -0.513. The van der Waals surface area contributed by atoms with Gasteiger partial charge in [0.15, 0.2) is 0 Å². The third kappa shape index (κ3) is 5.47. The summed E-state index contributed by atoms with van der Waals surface area (Å²) in [4.78, 5) is 38.0. The number of likely N-dealkylation sites (tertiary alicyclic amines) is 1. The maximum absolute atomic E-state index is 12.4. The predicted octanol–water partition coefficient (Wildman–Crippen LogP) is 1.72. The molecule has 2 unspecified atom stereocenters. The maximum atomic E-state index is 12.4. The zero-order chi connectivity index (χ0) is 19.9. The second kappa shape index (κ2) is 9.57. The highest BCUT2D eigenvalue weighted by atomic mass is 16.6. The average Bonchev–Trinajstić information content (AvgIpc) is 3.51. The number of ether oxygens (including phenoxy) is 1. The molecule has 3 rings (SSSR count). The lowest BCUT2D eigenvalue weighted by atomic mass is 10.1. The number of piperidine rings is 1. The van der Waals surface area contributed by atoms with E-state index in [1.165, 1.54) is 5.56 Å². The third-order valence-corrected chi connectivity index (χ3v) is 5.39. The smallest absolute Gasteiger partial charge is 0.409 e. The number of amides is 3. The Morgan fingerprint density at radius 3 is 2.43 bits per heavy atom. The molecule has 1 aromatic carbocycles. The van der Waals surface area contributed by atoms with E-state index < -0.39 is 0 Å². The molecule has 1 heterocycles. The SMILES string of the molecule is CCOC(=O)N1CCC(NC(=O)C2CC2C(=O)NCCc2ccccc2)CC1. The first kappa shape index (κ1) is 20.2. The molecule has 3 amide bonds. The van der Waals surface area contributed by atoms with E-state index in [1.54, 1.807) is 11.8 Å². The summed E-state index contributed by atoms with van der Waals surface area (Å²) in [7, 11) is 0. The molecule has 0 radical (unpaired) electrons. The fourth-order valence-electron chi connectivity index (χ4n) is 3.61. The highest BCUT2D eigenvalue weighted by Gasteiger charge is 2.48. The topological polar surface area (TPSA) is 87.7 Å². The van der Waals surface area contributed by atoms with Crippen molar-refractivity contribution in [2.75, 3.05) is 26.2 Å². The first-order valence-corrected chi connectivity index (χ1v) is 10.1. The monoisotopic (exact) mass is 387 g/mol. The van der Waals surface area contributed by atoms with Crippen LogP contribution in [0.3, 0.4) is 0 Å². The van der Waals surface area contributed by atoms with Crippen LogP contribution in [-0.4, -0.2) is 55.1 Å². The largest absolute Gasteiger partial charge is 0.450 e. The van der Waals surface area contributed by atoms with Gasteiger partial charge in [-0.25, -0.2) is 4.79 Å². The van der Waals surface area contributed by atoms with Crippen molar-refractivity contribution >= 4 is 17.9 Å². The second-order valence-corrected chi connectivity index (χ2v) is 7.44. The zero-order valence-electron chi connectivity index (χ0n) is 16.4. The van der Waals surface area contributed by atoms with E-state index in [0.717, 1.165) is 6.42 Å². The second-order valence-electron chi connectivity index (χ2n) is 7.44. The highest BCUT2D eigenvalue weighted by Crippen LogP contribution is 2.39. The fraction of sp³-hybridized carbons (Fsp3) is 0.571. The van der Waals surface area contributed by atoms with Crippen LogP contribution in [0.15, 0.2) is 30.3 Å². The van der Waals surface area contributed by atoms with Crippen LogP contribution in [-0.2, 0) is 20.7 Å². The van der Waals surface area contributed by atoms with Gasteiger partial charge in [0, 0.05) is 25.7 Å². The Bertz CT molecular complexity index is 686. The van der Waals surface area contributed by atoms with Crippen LogP contribution >= 0.6 is 0 Å². The number of carbonyl (C=O) groups excluding carboxylic acids is 3. The molecule has 1 aliphatic carbocycles. The van der Waals surface area contributed by atoms with Gasteiger partial charge in [0.1, 0.15) is 0 Å². The van der Waals surface area contributed by atoms with E-state index in [2.05, 4.69) is 10.6 Å². The molecule has 0 spiro atoms. The van der Waals surface area contributed by atoms with Gasteiger partial charge in [-0.1, -0.05) is 30.3 Å². The maximum Gasteiger partial charge on any atom is 0.409 e. The van der Waals surface area contributed by atoms with Gasteiger partial charge < -0.3 is 20.3 Å². The molecule has 2 N–H and O–H groups in total. The van der Waals surface area contributed by atoms with E-state index in [4.69, 9.17) is 4.74 Å². The number of hydrogen-bond donors (Lipinski definition) is 2. The molecule has 1 saturated carbocycles. The van der Waals surface area contributed by atoms with E-state index in [9.17, 15) is 14.4 Å². The molecule has 152 valence electrons. The van der Waals surface area contributed by atoms with E-state index in [0.29, 0.717) is 45.5 Å². The van der Waals surface area contributed by atoms with Gasteiger partial charge >= 0.3 is 6.09 Å². The number of rotatable bonds is 7. The molecular weight excluding hydrogens is 358 g/mol. The zero-order valence-corrected chi connectivity index (χ0v) is 16.4. The number of benzene rings is 1. The van der Waals surface area contributed by atoms with Crippen molar-refractivity contribution < 1.29 is 19.1 Å². The Morgan fingerprint density at radius 1 is 1.07 bits per heavy atom. The Labute approximate surface area is 165 Å². The van der Waals surface area contributed by atoms with Crippen molar-refractivity contribution in [3.63, 3.8) is 0 Å². The van der Waals surface area contributed by atoms with Gasteiger partial charge in [-0.3, -0.25) is 9.59 Å². The summed E-state index contributed by atoms with van der Waals surface area (Å²) < 4.78 is 5.00. The molecule has 1 saturated heterocycles. The Hall–Kier alpha value is -2.57. The van der Waals surface area contributed by atoms with Gasteiger partial charge in [0.25, 0.3) is 0 Å². The van der Waals surface area contributed by atoms with Gasteiger partial charge in [-0.15, -0.1) is 0 Å². The van der Waals surface area contributed by atoms with E-state index in [-0.39, 0.29) is 35.8 Å². The van der Waals surface area contributed by atoms with Crippen molar-refractivity contribution in [2.24, 2.45) is 11.8 Å². The van der Waals surface area contributed by atoms with E-state index >= 15 is 0 Å². The number of nitrogens with one attached hydrogen (secondary N) is 2. The summed E-state index contributed by atoms with van der Waals surface area (Å²) in [6, 6.07) is 10.1. The van der Waals surface area contributed by atoms with Gasteiger partial charge in [0.2, 0.25) is 11.8 Å². The molecule has 7 nitrogen and oxygen atoms in total. The molecule has 1 aliphatic heterocycles. The van der Waals surface area contributed by atoms with Crippen LogP contribution < -0.4 is 10.6 Å². The molecule has 2 fully saturated rings. The standard InChI is InChI=1S/C21H29N3O4/c1-2-28-21(27)24-12-9-16(10-13-24)23-20(26)18-14-17(18)19(25)22-11-8-15-6-4-3-5-7-15/h3-7,16-18H,2,8-14H2,1H3,(H,22,25)(H,23,26). The summed E-state index contributed by atoms with van der Waals surface area (Å²) in [5.41, 5.74) is 1.18. The van der Waals surface area contributed by atoms with Crippen LogP contribution in [0.5, 0.6) is 0 Å². The first-order valence-electron chi connectivity index (χ1n) is 10.1. The number of hydrogen-bond acceptors (Lipinski definition) is 4. The van der Waals surface area contributed by atoms with Crippen LogP contribution in [0, 0.1) is 11.8 Å². The lowest BCUT2D eigenvalue weighted by Crippen LogP contribution is -2.47. The molecule has 0 aromatic heterocycles. The quantitative estimate of drug-likeness (QED) is 0.746.